The molecule has 0 aliphatic carbocycles. The first-order chi connectivity index (χ1) is 7.84. The van der Waals surface area contributed by atoms with Gasteiger partial charge in [-0.05, 0) is 6.07 Å². The monoisotopic (exact) mass is 277 g/mol. The molecule has 0 saturated carbocycles. The predicted octanol–water partition coefficient (Wildman–Crippen LogP) is 1.78. The van der Waals surface area contributed by atoms with Gasteiger partial charge in [0.25, 0.3) is 5.69 Å². The van der Waals surface area contributed by atoms with E-state index >= 15 is 0 Å². The van der Waals surface area contributed by atoms with Crippen molar-refractivity contribution >= 4 is 34.8 Å². The Hall–Kier alpha value is -1.37. The number of amides is 1. The average Bonchev–Trinajstić information content (AvgIpc) is 2.15. The summed E-state index contributed by atoms with van der Waals surface area (Å²) >= 11 is 11.7. The van der Waals surface area contributed by atoms with Crippen LogP contribution in [0.1, 0.15) is 18.0 Å². The smallest absolute Gasteiger partial charge is 0.288 e. The van der Waals surface area contributed by atoms with E-state index in [2.05, 4.69) is 0 Å². The van der Waals surface area contributed by atoms with Gasteiger partial charge in [0.15, 0.2) is 0 Å². The number of hydrogen-bond donors (Lipinski definition) is 2. The number of nitrogens with zero attached hydrogens (tertiary/aromatic N) is 1. The highest BCUT2D eigenvalue weighted by molar-refractivity contribution is 6.37. The highest BCUT2D eigenvalue weighted by Gasteiger charge is 2.23. The fourth-order valence-corrected chi connectivity index (χ4v) is 2.08. The number of hydrogen-bond acceptors (Lipinski definition) is 4. The molecule has 0 heterocycles. The molecule has 0 aliphatic rings. The normalized spacial score (nSPS) is 12.2. The average molecular weight is 278 g/mol. The second-order valence-electron chi connectivity index (χ2n) is 3.33. The second kappa shape index (κ2) is 5.31. The zero-order valence-corrected chi connectivity index (χ0v) is 10.0. The minimum Gasteiger partial charge on any atom is -0.370 e. The number of carbonyl (C=O) groups excluding carboxylic acids is 1. The largest absolute Gasteiger partial charge is 0.370 e. The fraction of sp³-hybridized carbons (Fsp3) is 0.222. The summed E-state index contributed by atoms with van der Waals surface area (Å²) in [4.78, 5) is 20.8. The molecule has 6 nitrogen and oxygen atoms in total. The van der Waals surface area contributed by atoms with Crippen molar-refractivity contribution in [3.8, 4) is 0 Å². The SMILES string of the molecule is NC(=O)CC(N)c1c(Cl)ccc([N+](=O)[O-])c1Cl. The van der Waals surface area contributed by atoms with Gasteiger partial charge in [-0.15, -0.1) is 0 Å². The molecule has 1 aromatic rings. The lowest BCUT2D eigenvalue weighted by atomic mass is 10.0. The summed E-state index contributed by atoms with van der Waals surface area (Å²) in [5.41, 5.74) is 10.5. The maximum absolute atomic E-state index is 10.7. The van der Waals surface area contributed by atoms with Crippen LogP contribution >= 0.6 is 23.2 Å². The van der Waals surface area contributed by atoms with Gasteiger partial charge in [-0.25, -0.2) is 0 Å². The Morgan fingerprint density at radius 2 is 2.06 bits per heavy atom. The number of carbonyl (C=O) groups is 1. The van der Waals surface area contributed by atoms with E-state index in [0.717, 1.165) is 0 Å². The molecule has 1 aromatic carbocycles. The molecule has 4 N–H and O–H groups in total. The third-order valence-corrected chi connectivity index (χ3v) is 2.82. The minimum atomic E-state index is -0.868. The van der Waals surface area contributed by atoms with Crippen molar-refractivity contribution < 1.29 is 9.72 Å². The third kappa shape index (κ3) is 3.06. The summed E-state index contributed by atoms with van der Waals surface area (Å²) in [5.74, 6) is -0.642. The first-order valence-electron chi connectivity index (χ1n) is 4.50. The van der Waals surface area contributed by atoms with Gasteiger partial charge in [0.05, 0.1) is 4.92 Å². The van der Waals surface area contributed by atoms with Crippen LogP contribution in [0.4, 0.5) is 5.69 Å². The van der Waals surface area contributed by atoms with Gasteiger partial charge in [-0.3, -0.25) is 14.9 Å². The first kappa shape index (κ1) is 13.7. The topological polar surface area (TPSA) is 112 Å². The molecule has 0 spiro atoms. The van der Waals surface area contributed by atoms with Gasteiger partial charge >= 0.3 is 0 Å². The van der Waals surface area contributed by atoms with Crippen LogP contribution in [-0.4, -0.2) is 10.8 Å². The number of nitro benzene ring substituents is 1. The van der Waals surface area contributed by atoms with Crippen LogP contribution in [-0.2, 0) is 4.79 Å². The summed E-state index contributed by atoms with van der Waals surface area (Å²) in [5, 5.41) is 10.7. The molecule has 17 heavy (non-hydrogen) atoms. The van der Waals surface area contributed by atoms with Crippen LogP contribution in [0.15, 0.2) is 12.1 Å². The van der Waals surface area contributed by atoms with Crippen molar-refractivity contribution in [1.82, 2.24) is 0 Å². The maximum atomic E-state index is 10.7. The molecule has 1 atom stereocenters. The quantitative estimate of drug-likeness (QED) is 0.645. The lowest BCUT2D eigenvalue weighted by Gasteiger charge is -2.13. The van der Waals surface area contributed by atoms with Gasteiger partial charge in [0.1, 0.15) is 5.02 Å². The van der Waals surface area contributed by atoms with E-state index in [1.807, 2.05) is 0 Å². The molecular formula is C9H9Cl2N3O3. The molecule has 0 fully saturated rings. The zero-order valence-electron chi connectivity index (χ0n) is 8.52. The van der Waals surface area contributed by atoms with E-state index in [1.165, 1.54) is 12.1 Å². The van der Waals surface area contributed by atoms with Crippen molar-refractivity contribution in [2.24, 2.45) is 11.5 Å². The second-order valence-corrected chi connectivity index (χ2v) is 4.11. The van der Waals surface area contributed by atoms with E-state index in [4.69, 9.17) is 34.7 Å². The summed E-state index contributed by atoms with van der Waals surface area (Å²) in [7, 11) is 0. The molecule has 0 radical (unpaired) electrons. The lowest BCUT2D eigenvalue weighted by molar-refractivity contribution is -0.384. The van der Waals surface area contributed by atoms with Gasteiger partial charge in [0.2, 0.25) is 5.91 Å². The lowest BCUT2D eigenvalue weighted by Crippen LogP contribution is -2.21. The fourth-order valence-electron chi connectivity index (χ4n) is 1.36. The van der Waals surface area contributed by atoms with Crippen molar-refractivity contribution in [1.29, 1.82) is 0 Å². The number of halogens is 2. The van der Waals surface area contributed by atoms with Crippen molar-refractivity contribution in [2.45, 2.75) is 12.5 Å². The van der Waals surface area contributed by atoms with E-state index < -0.39 is 16.9 Å². The Bertz CT molecular complexity index is 479. The minimum absolute atomic E-state index is 0.154. The molecule has 1 unspecified atom stereocenters. The summed E-state index contributed by atoms with van der Waals surface area (Å²) in [6.07, 6.45) is -0.194. The Morgan fingerprint density at radius 3 is 2.53 bits per heavy atom. The Labute approximate surface area is 107 Å². The highest BCUT2D eigenvalue weighted by atomic mass is 35.5. The Kier molecular flexibility index (Phi) is 4.28. The van der Waals surface area contributed by atoms with Gasteiger partial charge in [0, 0.05) is 29.1 Å². The summed E-state index contributed by atoms with van der Waals surface area (Å²) < 4.78 is 0. The maximum Gasteiger partial charge on any atom is 0.288 e. The van der Waals surface area contributed by atoms with E-state index in [0.29, 0.717) is 0 Å². The molecular weight excluding hydrogens is 269 g/mol. The van der Waals surface area contributed by atoms with Gasteiger partial charge in [-0.2, -0.15) is 0 Å². The molecule has 0 aliphatic heterocycles. The van der Waals surface area contributed by atoms with Crippen LogP contribution in [0.2, 0.25) is 10.0 Å². The number of nitrogens with two attached hydrogens (primary N) is 2. The van der Waals surface area contributed by atoms with Gasteiger partial charge < -0.3 is 11.5 Å². The predicted molar refractivity (Wildman–Crippen MR) is 63.9 cm³/mol. The van der Waals surface area contributed by atoms with E-state index in [9.17, 15) is 14.9 Å². The first-order valence-corrected chi connectivity index (χ1v) is 5.26. The summed E-state index contributed by atoms with van der Waals surface area (Å²) in [6.45, 7) is 0. The Balaban J connectivity index is 3.26. The number of nitro groups is 1. The molecule has 8 heteroatoms. The van der Waals surface area contributed by atoms with Crippen molar-refractivity contribution in [3.05, 3.63) is 37.9 Å². The molecule has 92 valence electrons. The van der Waals surface area contributed by atoms with E-state index in [-0.39, 0.29) is 27.7 Å². The van der Waals surface area contributed by atoms with Crippen molar-refractivity contribution in [2.75, 3.05) is 0 Å². The van der Waals surface area contributed by atoms with Gasteiger partial charge in [-0.1, -0.05) is 23.2 Å². The molecule has 1 amide bonds. The summed E-state index contributed by atoms with van der Waals surface area (Å²) in [6, 6.07) is 1.61. The third-order valence-electron chi connectivity index (χ3n) is 2.09. The van der Waals surface area contributed by atoms with E-state index in [1.54, 1.807) is 0 Å². The van der Waals surface area contributed by atoms with Crippen LogP contribution in [0.5, 0.6) is 0 Å². The molecule has 0 saturated heterocycles. The molecule has 0 aromatic heterocycles. The zero-order chi connectivity index (χ0) is 13.2. The van der Waals surface area contributed by atoms with Crippen molar-refractivity contribution in [3.63, 3.8) is 0 Å². The number of rotatable bonds is 4. The van der Waals surface area contributed by atoms with Crippen LogP contribution in [0, 0.1) is 10.1 Å². The van der Waals surface area contributed by atoms with Crippen LogP contribution in [0.25, 0.3) is 0 Å². The van der Waals surface area contributed by atoms with Crippen LogP contribution < -0.4 is 11.5 Å². The molecule has 0 bridgehead atoms. The highest BCUT2D eigenvalue weighted by Crippen LogP contribution is 2.37. The Morgan fingerprint density at radius 1 is 1.47 bits per heavy atom. The standard InChI is InChI=1S/C9H9Cl2N3O3/c10-4-1-2-6(14(16)17)9(11)8(4)5(12)3-7(13)15/h1-2,5H,3,12H2,(H2,13,15). The number of benzene rings is 1. The molecule has 1 rings (SSSR count). The number of primary amides is 1. The van der Waals surface area contributed by atoms with Crippen LogP contribution in [0.3, 0.4) is 0 Å².